The van der Waals surface area contributed by atoms with E-state index < -0.39 is 12.1 Å². The Labute approximate surface area is 186 Å². The van der Waals surface area contributed by atoms with Crippen molar-refractivity contribution in [2.45, 2.75) is 44.2 Å². The summed E-state index contributed by atoms with van der Waals surface area (Å²) < 4.78 is 0. The highest BCUT2D eigenvalue weighted by atomic mass is 16.2. The first kappa shape index (κ1) is 20.3. The number of benzene rings is 2. The van der Waals surface area contributed by atoms with Gasteiger partial charge in [-0.2, -0.15) is 0 Å². The molecular weight excluding hydrogens is 404 g/mol. The van der Waals surface area contributed by atoms with Gasteiger partial charge in [-0.25, -0.2) is 4.79 Å². The molecular formula is C25H26N4O3. The average molecular weight is 431 g/mol. The molecule has 5 rings (SSSR count). The molecule has 3 N–H and O–H groups in total. The SMILES string of the molecule is O=C(C[C@H]1NC(=O)N(CCc2ccccc2)C1=O)N[C@H]1CCCc2c1[nH]c1ccccc21. The number of aromatic amines is 1. The van der Waals surface area contributed by atoms with Crippen LogP contribution < -0.4 is 10.6 Å². The summed E-state index contributed by atoms with van der Waals surface area (Å²) in [6.07, 6.45) is 3.35. The summed E-state index contributed by atoms with van der Waals surface area (Å²) in [5, 5.41) is 6.95. The summed E-state index contributed by atoms with van der Waals surface area (Å²) >= 11 is 0. The Balaban J connectivity index is 1.21. The van der Waals surface area contributed by atoms with Gasteiger partial charge < -0.3 is 15.6 Å². The fraction of sp³-hybridized carbons (Fsp3) is 0.320. The number of hydrogen-bond acceptors (Lipinski definition) is 3. The molecule has 32 heavy (non-hydrogen) atoms. The number of urea groups is 1. The van der Waals surface area contributed by atoms with Gasteiger partial charge in [0.1, 0.15) is 6.04 Å². The van der Waals surface area contributed by atoms with Crippen molar-refractivity contribution in [3.05, 3.63) is 71.4 Å². The van der Waals surface area contributed by atoms with Crippen molar-refractivity contribution in [1.82, 2.24) is 20.5 Å². The smallest absolute Gasteiger partial charge is 0.324 e. The molecule has 7 nitrogen and oxygen atoms in total. The maximum absolute atomic E-state index is 12.8. The van der Waals surface area contributed by atoms with Crippen LogP contribution in [0.3, 0.4) is 0 Å². The van der Waals surface area contributed by atoms with Crippen molar-refractivity contribution in [1.29, 1.82) is 0 Å². The number of aryl methyl sites for hydroxylation is 1. The molecule has 1 aromatic heterocycles. The molecule has 2 aliphatic rings. The third-order valence-corrected chi connectivity index (χ3v) is 6.41. The molecule has 0 unspecified atom stereocenters. The van der Waals surface area contributed by atoms with Crippen LogP contribution in [-0.4, -0.2) is 40.3 Å². The van der Waals surface area contributed by atoms with Gasteiger partial charge in [0.2, 0.25) is 5.91 Å². The van der Waals surface area contributed by atoms with E-state index >= 15 is 0 Å². The zero-order valence-electron chi connectivity index (χ0n) is 17.8. The van der Waals surface area contributed by atoms with E-state index in [1.807, 2.05) is 48.5 Å². The number of H-pyrrole nitrogens is 1. The summed E-state index contributed by atoms with van der Waals surface area (Å²) in [7, 11) is 0. The van der Waals surface area contributed by atoms with Gasteiger partial charge in [0, 0.05) is 23.1 Å². The lowest BCUT2D eigenvalue weighted by atomic mass is 9.91. The molecule has 2 atom stereocenters. The minimum atomic E-state index is -0.816. The normalized spacial score (nSPS) is 20.3. The number of imide groups is 1. The van der Waals surface area contributed by atoms with Crippen LogP contribution in [-0.2, 0) is 22.4 Å². The second-order valence-electron chi connectivity index (χ2n) is 8.51. The number of aromatic nitrogens is 1. The van der Waals surface area contributed by atoms with Crippen LogP contribution in [0, 0.1) is 0 Å². The van der Waals surface area contributed by atoms with E-state index in [0.717, 1.165) is 36.0 Å². The Morgan fingerprint density at radius 2 is 1.84 bits per heavy atom. The van der Waals surface area contributed by atoms with E-state index in [1.54, 1.807) is 0 Å². The van der Waals surface area contributed by atoms with Crippen molar-refractivity contribution < 1.29 is 14.4 Å². The van der Waals surface area contributed by atoms with Crippen molar-refractivity contribution in [2.24, 2.45) is 0 Å². The average Bonchev–Trinajstić information content (AvgIpc) is 3.31. The third-order valence-electron chi connectivity index (χ3n) is 6.41. The van der Waals surface area contributed by atoms with Crippen molar-refractivity contribution in [2.75, 3.05) is 6.54 Å². The highest BCUT2D eigenvalue weighted by Crippen LogP contribution is 2.34. The monoisotopic (exact) mass is 430 g/mol. The molecule has 0 saturated carbocycles. The second kappa shape index (κ2) is 8.49. The van der Waals surface area contributed by atoms with Crippen LogP contribution >= 0.6 is 0 Å². The Bertz CT molecular complexity index is 1170. The molecule has 1 aliphatic carbocycles. The van der Waals surface area contributed by atoms with Crippen molar-refractivity contribution in [3.63, 3.8) is 0 Å². The molecule has 4 amide bonds. The number of hydrogen-bond donors (Lipinski definition) is 3. The van der Waals surface area contributed by atoms with E-state index in [2.05, 4.69) is 21.7 Å². The highest BCUT2D eigenvalue weighted by Gasteiger charge is 2.39. The minimum Gasteiger partial charge on any atom is -0.356 e. The summed E-state index contributed by atoms with van der Waals surface area (Å²) in [6.45, 7) is 0.299. The number of amides is 4. The maximum Gasteiger partial charge on any atom is 0.324 e. The van der Waals surface area contributed by atoms with Crippen LogP contribution in [0.5, 0.6) is 0 Å². The molecule has 2 heterocycles. The number of fused-ring (bicyclic) bond motifs is 3. The Morgan fingerprint density at radius 3 is 2.69 bits per heavy atom. The first-order valence-electron chi connectivity index (χ1n) is 11.1. The molecule has 0 radical (unpaired) electrons. The molecule has 7 heteroatoms. The third kappa shape index (κ3) is 3.86. The van der Waals surface area contributed by atoms with Crippen LogP contribution in [0.4, 0.5) is 4.79 Å². The summed E-state index contributed by atoms with van der Waals surface area (Å²) in [5.74, 6) is -0.568. The first-order chi connectivity index (χ1) is 15.6. The van der Waals surface area contributed by atoms with Crippen molar-refractivity contribution in [3.8, 4) is 0 Å². The number of carbonyl (C=O) groups excluding carboxylic acids is 3. The Hall–Kier alpha value is -3.61. The van der Waals surface area contributed by atoms with Crippen LogP contribution in [0.1, 0.15) is 42.1 Å². The maximum atomic E-state index is 12.8. The lowest BCUT2D eigenvalue weighted by Crippen LogP contribution is -2.38. The lowest BCUT2D eigenvalue weighted by Gasteiger charge is -2.24. The van der Waals surface area contributed by atoms with Gasteiger partial charge >= 0.3 is 6.03 Å². The molecule has 1 fully saturated rings. The summed E-state index contributed by atoms with van der Waals surface area (Å²) in [6, 6.07) is 16.5. The van der Waals surface area contributed by atoms with E-state index in [0.29, 0.717) is 13.0 Å². The van der Waals surface area contributed by atoms with E-state index in [-0.39, 0.29) is 24.3 Å². The zero-order chi connectivity index (χ0) is 22.1. The fourth-order valence-electron chi connectivity index (χ4n) is 4.81. The number of nitrogens with one attached hydrogen (secondary N) is 3. The number of carbonyl (C=O) groups is 3. The van der Waals surface area contributed by atoms with Gasteiger partial charge in [-0.15, -0.1) is 0 Å². The largest absolute Gasteiger partial charge is 0.356 e. The number of para-hydroxylation sites is 1. The fourth-order valence-corrected chi connectivity index (χ4v) is 4.81. The molecule has 1 aliphatic heterocycles. The van der Waals surface area contributed by atoms with Crippen LogP contribution in [0.25, 0.3) is 10.9 Å². The molecule has 164 valence electrons. The summed E-state index contributed by atoms with van der Waals surface area (Å²) in [4.78, 5) is 42.5. The number of rotatable bonds is 6. The van der Waals surface area contributed by atoms with Gasteiger partial charge in [-0.1, -0.05) is 48.5 Å². The predicted octanol–water partition coefficient (Wildman–Crippen LogP) is 3.21. The van der Waals surface area contributed by atoms with E-state index in [4.69, 9.17) is 0 Å². The molecule has 3 aromatic rings. The Morgan fingerprint density at radius 1 is 1.06 bits per heavy atom. The zero-order valence-corrected chi connectivity index (χ0v) is 17.8. The molecule has 0 bridgehead atoms. The first-order valence-corrected chi connectivity index (χ1v) is 11.1. The summed E-state index contributed by atoms with van der Waals surface area (Å²) in [5.41, 5.74) is 4.44. The topological polar surface area (TPSA) is 94.3 Å². The quantitative estimate of drug-likeness (QED) is 0.524. The predicted molar refractivity (Wildman–Crippen MR) is 121 cm³/mol. The molecule has 1 saturated heterocycles. The lowest BCUT2D eigenvalue weighted by molar-refractivity contribution is -0.131. The van der Waals surface area contributed by atoms with Crippen LogP contribution in [0.15, 0.2) is 54.6 Å². The van der Waals surface area contributed by atoms with Gasteiger partial charge in [0.25, 0.3) is 5.91 Å². The number of nitrogens with zero attached hydrogens (tertiary/aromatic N) is 1. The van der Waals surface area contributed by atoms with Gasteiger partial charge in [0.15, 0.2) is 0 Å². The van der Waals surface area contributed by atoms with Gasteiger partial charge in [0.05, 0.1) is 12.5 Å². The van der Waals surface area contributed by atoms with Crippen LogP contribution in [0.2, 0.25) is 0 Å². The van der Waals surface area contributed by atoms with Crippen molar-refractivity contribution >= 4 is 28.7 Å². The highest BCUT2D eigenvalue weighted by molar-refractivity contribution is 6.05. The van der Waals surface area contributed by atoms with E-state index in [9.17, 15) is 14.4 Å². The standard InChI is InChI=1S/C25H26N4O3/c30-22(26-20-12-6-10-18-17-9-4-5-11-19(17)27-23(18)20)15-21-24(31)29(25(32)28-21)14-13-16-7-2-1-3-8-16/h1-5,7-9,11,20-21,27H,6,10,12-15H2,(H,26,30)(H,28,32)/t20-,21+/m0/s1. The second-order valence-corrected chi connectivity index (χ2v) is 8.51. The van der Waals surface area contributed by atoms with E-state index in [1.165, 1.54) is 15.8 Å². The molecule has 0 spiro atoms. The Kier molecular flexibility index (Phi) is 5.39. The van der Waals surface area contributed by atoms with Gasteiger partial charge in [-0.3, -0.25) is 14.5 Å². The minimum absolute atomic E-state index is 0.0571. The van der Waals surface area contributed by atoms with Gasteiger partial charge in [-0.05, 0) is 42.9 Å². The molecule has 2 aromatic carbocycles.